The molecule has 1 atom stereocenters. The van der Waals surface area contributed by atoms with Crippen molar-refractivity contribution < 1.29 is 27.5 Å². The maximum absolute atomic E-state index is 12.2. The van der Waals surface area contributed by atoms with Crippen molar-refractivity contribution in [2.24, 2.45) is 5.73 Å². The van der Waals surface area contributed by atoms with Gasteiger partial charge in [-0.15, -0.1) is 24.9 Å². The molecule has 1 heterocycles. The lowest BCUT2D eigenvalue weighted by molar-refractivity contribution is -0.274. The van der Waals surface area contributed by atoms with Crippen LogP contribution in [0.4, 0.5) is 18.9 Å². The Morgan fingerprint density at radius 1 is 1.27 bits per heavy atom. The third kappa shape index (κ3) is 3.92. The standard InChI is InChI=1S/C13H13F3N2O3S/c14-13(15,16)21-9-3-1-8(2-4-9)18-11(19)7-10(12(18)20)22-6-5-17/h1-4,10H,5-7,17H2/t10-/m1/s1. The number of hydrogen-bond donors (Lipinski definition) is 1. The van der Waals surface area contributed by atoms with Gasteiger partial charge in [0.15, 0.2) is 0 Å². The van der Waals surface area contributed by atoms with E-state index in [1.165, 1.54) is 23.9 Å². The molecule has 0 spiro atoms. The lowest BCUT2D eigenvalue weighted by atomic mass is 10.3. The number of nitrogens with two attached hydrogens (primary N) is 1. The van der Waals surface area contributed by atoms with Crippen molar-refractivity contribution in [2.45, 2.75) is 18.0 Å². The van der Waals surface area contributed by atoms with Crippen molar-refractivity contribution in [3.63, 3.8) is 0 Å². The highest BCUT2D eigenvalue weighted by molar-refractivity contribution is 8.00. The molecule has 5 nitrogen and oxygen atoms in total. The fourth-order valence-electron chi connectivity index (χ4n) is 2.01. The van der Waals surface area contributed by atoms with Crippen molar-refractivity contribution in [2.75, 3.05) is 17.2 Å². The molecule has 1 fully saturated rings. The number of alkyl halides is 3. The van der Waals surface area contributed by atoms with E-state index in [9.17, 15) is 22.8 Å². The molecule has 22 heavy (non-hydrogen) atoms. The number of ether oxygens (including phenoxy) is 1. The van der Waals surface area contributed by atoms with E-state index in [1.807, 2.05) is 0 Å². The second kappa shape index (κ2) is 6.57. The van der Waals surface area contributed by atoms with Gasteiger partial charge in [-0.05, 0) is 24.3 Å². The van der Waals surface area contributed by atoms with Crippen LogP contribution < -0.4 is 15.4 Å². The number of halogens is 3. The number of nitrogens with zero attached hydrogens (tertiary/aromatic N) is 1. The highest BCUT2D eigenvalue weighted by Crippen LogP contribution is 2.31. The van der Waals surface area contributed by atoms with E-state index in [4.69, 9.17) is 5.73 Å². The van der Waals surface area contributed by atoms with Gasteiger partial charge in [-0.3, -0.25) is 9.59 Å². The number of hydrogen-bond acceptors (Lipinski definition) is 5. The first kappa shape index (κ1) is 16.6. The predicted octanol–water partition coefficient (Wildman–Crippen LogP) is 1.91. The third-order valence-corrected chi connectivity index (χ3v) is 4.11. The van der Waals surface area contributed by atoms with Gasteiger partial charge in [0.2, 0.25) is 11.8 Å². The molecule has 0 bridgehead atoms. The normalized spacial score (nSPS) is 18.9. The predicted molar refractivity (Wildman–Crippen MR) is 75.5 cm³/mol. The molecule has 1 aliphatic heterocycles. The zero-order valence-corrected chi connectivity index (χ0v) is 12.1. The third-order valence-electron chi connectivity index (χ3n) is 2.87. The van der Waals surface area contributed by atoms with E-state index >= 15 is 0 Å². The summed E-state index contributed by atoms with van der Waals surface area (Å²) in [5.74, 6) is -0.628. The average molecular weight is 334 g/mol. The Bertz CT molecular complexity index is 563. The zero-order chi connectivity index (χ0) is 16.3. The summed E-state index contributed by atoms with van der Waals surface area (Å²) in [6, 6.07) is 4.60. The van der Waals surface area contributed by atoms with Gasteiger partial charge in [-0.1, -0.05) is 0 Å². The van der Waals surface area contributed by atoms with Gasteiger partial charge >= 0.3 is 6.36 Å². The Labute approximate surface area is 128 Å². The Morgan fingerprint density at radius 3 is 2.45 bits per heavy atom. The Balaban J connectivity index is 2.11. The average Bonchev–Trinajstić information content (AvgIpc) is 2.71. The molecule has 0 saturated carbocycles. The SMILES string of the molecule is NCCS[C@@H]1CC(=O)N(c2ccc(OC(F)(F)F)cc2)C1=O. The van der Waals surface area contributed by atoms with Crippen molar-refractivity contribution in [1.82, 2.24) is 0 Å². The lowest BCUT2D eigenvalue weighted by Crippen LogP contribution is -2.31. The molecule has 0 unspecified atom stereocenters. The summed E-state index contributed by atoms with van der Waals surface area (Å²) in [7, 11) is 0. The van der Waals surface area contributed by atoms with E-state index < -0.39 is 17.4 Å². The number of rotatable bonds is 5. The molecular formula is C13H13F3N2O3S. The van der Waals surface area contributed by atoms with Crippen molar-refractivity contribution in [3.05, 3.63) is 24.3 Å². The zero-order valence-electron chi connectivity index (χ0n) is 11.3. The lowest BCUT2D eigenvalue weighted by Gasteiger charge is -2.16. The van der Waals surface area contributed by atoms with Crippen molar-refractivity contribution in [1.29, 1.82) is 0 Å². The molecule has 0 aliphatic carbocycles. The van der Waals surface area contributed by atoms with Gasteiger partial charge in [0.05, 0.1) is 10.9 Å². The van der Waals surface area contributed by atoms with Crippen LogP contribution in [0.15, 0.2) is 24.3 Å². The molecule has 2 rings (SSSR count). The second-order valence-electron chi connectivity index (χ2n) is 4.46. The molecule has 0 aromatic heterocycles. The maximum Gasteiger partial charge on any atom is 0.573 e. The fourth-order valence-corrected chi connectivity index (χ4v) is 2.94. The topological polar surface area (TPSA) is 72.6 Å². The van der Waals surface area contributed by atoms with Crippen LogP contribution in [0.3, 0.4) is 0 Å². The molecule has 2 amide bonds. The fraction of sp³-hybridized carbons (Fsp3) is 0.385. The van der Waals surface area contributed by atoms with Crippen LogP contribution in [0.25, 0.3) is 0 Å². The smallest absolute Gasteiger partial charge is 0.406 e. The summed E-state index contributed by atoms with van der Waals surface area (Å²) in [6.45, 7) is 0.395. The largest absolute Gasteiger partial charge is 0.573 e. The van der Waals surface area contributed by atoms with Crippen molar-refractivity contribution in [3.8, 4) is 5.75 Å². The molecule has 120 valence electrons. The molecule has 1 aromatic carbocycles. The van der Waals surface area contributed by atoms with E-state index in [-0.39, 0.29) is 23.9 Å². The van der Waals surface area contributed by atoms with Crippen LogP contribution in [-0.4, -0.2) is 35.7 Å². The quantitative estimate of drug-likeness (QED) is 0.833. The highest BCUT2D eigenvalue weighted by Gasteiger charge is 2.39. The van der Waals surface area contributed by atoms with Gasteiger partial charge in [0.1, 0.15) is 5.75 Å². The summed E-state index contributed by atoms with van der Waals surface area (Å²) in [5.41, 5.74) is 5.59. The Hall–Kier alpha value is -1.74. The molecule has 0 radical (unpaired) electrons. The summed E-state index contributed by atoms with van der Waals surface area (Å²) >= 11 is 1.29. The van der Waals surface area contributed by atoms with E-state index in [2.05, 4.69) is 4.74 Å². The first-order chi connectivity index (χ1) is 10.3. The summed E-state index contributed by atoms with van der Waals surface area (Å²) in [6.07, 6.45) is -4.73. The maximum atomic E-state index is 12.2. The van der Waals surface area contributed by atoms with Gasteiger partial charge < -0.3 is 10.5 Å². The molecule has 9 heteroatoms. The first-order valence-corrected chi connectivity index (χ1v) is 7.41. The van der Waals surface area contributed by atoms with Crippen LogP contribution in [0.5, 0.6) is 5.75 Å². The molecular weight excluding hydrogens is 321 g/mol. The number of benzene rings is 1. The second-order valence-corrected chi connectivity index (χ2v) is 5.77. The van der Waals surface area contributed by atoms with Crippen molar-refractivity contribution >= 4 is 29.3 Å². The molecule has 1 saturated heterocycles. The Morgan fingerprint density at radius 2 is 1.91 bits per heavy atom. The number of carbonyl (C=O) groups excluding carboxylic acids is 2. The number of carbonyl (C=O) groups is 2. The molecule has 1 aromatic rings. The summed E-state index contributed by atoms with van der Waals surface area (Å²) in [4.78, 5) is 25.1. The van der Waals surface area contributed by atoms with E-state index in [0.717, 1.165) is 17.0 Å². The van der Waals surface area contributed by atoms with Crippen LogP contribution in [0.2, 0.25) is 0 Å². The van der Waals surface area contributed by atoms with E-state index in [1.54, 1.807) is 0 Å². The van der Waals surface area contributed by atoms with Crippen LogP contribution in [0.1, 0.15) is 6.42 Å². The summed E-state index contributed by atoms with van der Waals surface area (Å²) < 4.78 is 40.0. The van der Waals surface area contributed by atoms with Gasteiger partial charge in [0, 0.05) is 18.7 Å². The van der Waals surface area contributed by atoms with E-state index in [0.29, 0.717) is 12.3 Å². The minimum Gasteiger partial charge on any atom is -0.406 e. The minimum absolute atomic E-state index is 0.0598. The monoisotopic (exact) mass is 334 g/mol. The number of anilines is 1. The summed E-state index contributed by atoms with van der Waals surface area (Å²) in [5, 5.41) is -0.498. The number of amides is 2. The van der Waals surface area contributed by atoms with Crippen LogP contribution in [-0.2, 0) is 9.59 Å². The Kier molecular flexibility index (Phi) is 4.97. The minimum atomic E-state index is -4.79. The number of thioether (sulfide) groups is 1. The molecule has 1 aliphatic rings. The molecule has 2 N–H and O–H groups in total. The highest BCUT2D eigenvalue weighted by atomic mass is 32.2. The van der Waals surface area contributed by atoms with Gasteiger partial charge in [-0.25, -0.2) is 4.90 Å². The first-order valence-electron chi connectivity index (χ1n) is 6.36. The van der Waals surface area contributed by atoms with Crippen LogP contribution >= 0.6 is 11.8 Å². The van der Waals surface area contributed by atoms with Crippen LogP contribution in [0, 0.1) is 0 Å². The van der Waals surface area contributed by atoms with Gasteiger partial charge in [-0.2, -0.15) is 0 Å². The van der Waals surface area contributed by atoms with Gasteiger partial charge in [0.25, 0.3) is 0 Å². The number of imide groups is 1.